The number of amides is 17. The fraction of sp³-hybridized carbons (Fsp3) is 0.450. The van der Waals surface area contributed by atoms with Crippen molar-refractivity contribution < 1.29 is 112 Å². The van der Waals surface area contributed by atoms with Gasteiger partial charge in [0.1, 0.15) is 90.3 Å². The van der Waals surface area contributed by atoms with E-state index in [0.29, 0.717) is 63.7 Å². The lowest BCUT2D eigenvalue weighted by molar-refractivity contribution is -0.142. The van der Waals surface area contributed by atoms with Crippen LogP contribution < -0.4 is 119 Å². The number of hydrogen-bond acceptors (Lipinski definition) is 26. The predicted molar refractivity (Wildman–Crippen MR) is 543 cm³/mol. The van der Waals surface area contributed by atoms with E-state index in [1.807, 2.05) is 0 Å². The van der Waals surface area contributed by atoms with Gasteiger partial charge in [0, 0.05) is 80.5 Å². The molecule has 15 atom stereocenters. The zero-order chi connectivity index (χ0) is 109. The Kier molecular flexibility index (Phi) is 49.7. The summed E-state index contributed by atoms with van der Waals surface area (Å²) in [6, 6.07) is 13.2. The molecule has 7 rings (SSSR count). The molecule has 0 fully saturated rings. The minimum atomic E-state index is -1.97. The molecule has 806 valence electrons. The van der Waals surface area contributed by atoms with Crippen molar-refractivity contribution in [2.45, 2.75) is 240 Å². The predicted octanol–water partition coefficient (Wildman–Crippen LogP) is -4.50. The molecule has 0 bridgehead atoms. The molecule has 17 amide bonds. The Balaban J connectivity index is 1.12. The molecule has 49 nitrogen and oxygen atoms in total. The Hall–Kier alpha value is -16.3. The molecule has 0 unspecified atom stereocenters. The van der Waals surface area contributed by atoms with Crippen LogP contribution >= 0.6 is 0 Å². The van der Waals surface area contributed by atoms with E-state index in [9.17, 15) is 92.3 Å². The first-order valence-electron chi connectivity index (χ1n) is 48.8. The number of aromatic amines is 2. The van der Waals surface area contributed by atoms with Crippen LogP contribution in [-0.2, 0) is 130 Å². The number of guanidine groups is 1. The number of aliphatic hydroxyl groups is 1. The summed E-state index contributed by atoms with van der Waals surface area (Å²) in [5, 5.41) is 89.6. The lowest BCUT2D eigenvalue weighted by atomic mass is 9.99. The highest BCUT2D eigenvalue weighted by Gasteiger charge is 2.41. The topological polar surface area (TPSA) is 822 Å². The second kappa shape index (κ2) is 61.9. The molecule has 0 radical (unpaired) electrons. The second-order valence-electron chi connectivity index (χ2n) is 36.5. The molecule has 49 heteroatoms. The number of fused-ring (bicyclic) bond motifs is 1. The number of carboxylic acids is 2. The van der Waals surface area contributed by atoms with Gasteiger partial charge in [0.05, 0.1) is 31.9 Å². The van der Waals surface area contributed by atoms with Crippen molar-refractivity contribution in [1.29, 1.82) is 5.41 Å². The van der Waals surface area contributed by atoms with Crippen molar-refractivity contribution in [3.8, 4) is 5.75 Å². The molecule has 5 aromatic carbocycles. The number of rotatable bonds is 66. The number of para-hydroxylation sites is 1. The first kappa shape index (κ1) is 120. The number of aliphatic carboxylic acids is 2. The summed E-state index contributed by atoms with van der Waals surface area (Å²) < 4.78 is 0. The van der Waals surface area contributed by atoms with Gasteiger partial charge in [-0.2, -0.15) is 0 Å². The largest absolute Gasteiger partial charge is 0.508 e. The molecule has 0 aliphatic carbocycles. The molecule has 7 aromatic rings. The molecule has 0 spiro atoms. The highest BCUT2D eigenvalue weighted by Crippen LogP contribution is 2.22. The third kappa shape index (κ3) is 41.6. The number of nitrogens with zero attached hydrogens (tertiary/aromatic N) is 1. The average molecular weight is 2070 g/mol. The normalized spacial score (nSPS) is 14.2. The number of imidazole rings is 1. The number of phenolic OH excluding ortho intramolecular Hbond substituents is 1. The molecule has 2 heterocycles. The maximum Gasteiger partial charge on any atom is 0.326 e. The van der Waals surface area contributed by atoms with Crippen LogP contribution in [0.2, 0.25) is 0 Å². The Morgan fingerprint density at radius 2 is 0.765 bits per heavy atom. The average Bonchev–Trinajstić information content (AvgIpc) is 1.72. The second-order valence-corrected chi connectivity index (χ2v) is 36.5. The van der Waals surface area contributed by atoms with Gasteiger partial charge >= 0.3 is 11.9 Å². The Bertz CT molecular complexity index is 5670. The van der Waals surface area contributed by atoms with Crippen molar-refractivity contribution in [1.82, 2.24) is 100 Å². The smallest absolute Gasteiger partial charge is 0.326 e. The van der Waals surface area contributed by atoms with Crippen LogP contribution in [0.4, 0.5) is 0 Å². The third-order valence-corrected chi connectivity index (χ3v) is 24.0. The summed E-state index contributed by atoms with van der Waals surface area (Å²) in [4.78, 5) is 278. The summed E-state index contributed by atoms with van der Waals surface area (Å²) >= 11 is 0. The molecular weight excluding hydrogens is 1930 g/mol. The molecule has 0 saturated heterocycles. The monoisotopic (exact) mass is 2070 g/mol. The van der Waals surface area contributed by atoms with E-state index in [0.717, 1.165) is 0 Å². The highest BCUT2D eigenvalue weighted by molar-refractivity contribution is 6.02. The van der Waals surface area contributed by atoms with Crippen molar-refractivity contribution in [3.63, 3.8) is 0 Å². The summed E-state index contributed by atoms with van der Waals surface area (Å²) in [6.45, 7) is 4.50. The fourth-order valence-corrected chi connectivity index (χ4v) is 15.8. The maximum atomic E-state index is 15.4. The number of nitrogens with one attached hydrogen (secondary N) is 19. The van der Waals surface area contributed by atoms with Crippen LogP contribution in [0.1, 0.15) is 145 Å². The number of nitrogens with two attached hydrogens (primary N) is 6. The Morgan fingerprint density at radius 3 is 1.23 bits per heavy atom. The van der Waals surface area contributed by atoms with Gasteiger partial charge in [0.2, 0.25) is 100 Å². The number of H-pyrrole nitrogens is 2. The number of carboxylic acid groups (broad SMARTS) is 2. The van der Waals surface area contributed by atoms with Gasteiger partial charge in [-0.15, -0.1) is 0 Å². The van der Waals surface area contributed by atoms with Gasteiger partial charge in [0.25, 0.3) is 0 Å². The van der Waals surface area contributed by atoms with Crippen LogP contribution in [0.15, 0.2) is 158 Å². The Labute approximate surface area is 859 Å². The first-order chi connectivity index (χ1) is 71.0. The lowest BCUT2D eigenvalue weighted by Gasteiger charge is -2.29. The molecular formula is C100H138N26O23. The van der Waals surface area contributed by atoms with Crippen LogP contribution in [0.3, 0.4) is 0 Å². The van der Waals surface area contributed by atoms with Gasteiger partial charge in [0.15, 0.2) is 5.96 Å². The van der Waals surface area contributed by atoms with Crippen molar-refractivity contribution in [3.05, 3.63) is 192 Å². The summed E-state index contributed by atoms with van der Waals surface area (Å²) in [5.74, 6) is -22.8. The standard InChI is InChI=1S/C100H138N26O23/c1-55(2)83(97(146)117-68(31-20-42-109-100(106)107)87(136)115-69(36-38-79(104)129)90(139)125-84(56(3)4)98(147)124-78(53-127)96(145)114-67(29-16-18-40-101)88(137)118-71(99(148)149)30-17-19-41-102)126-95(144)74(45-59-25-12-7-13-26-59)122-92(141)75(47-61-50-110-66-28-15-14-27-64(61)66)113-81(131)52-111-86(135)72(46-60-32-34-63(128)35-33-60)120-91(140)73(44-58-23-10-6-11-24-58)121-94(143)77(49-80(105)130)123-89(138)70(37-39-82(132)133)116-93(142)76(48-62-51-108-54-112-62)119-85(134)65(103)43-57-21-8-5-9-22-57/h5-15,21-28,32-35,50-51,54-56,65,67-78,83-84,110,127-128H,16-20,29-31,36-49,52-53,101-103H2,1-4H3,(H2,104,129)(H2,105,130)(H,108,112)(H,111,135)(H,113,131)(H,114,145)(H,115,136)(H,116,142)(H,117,146)(H,118,137)(H,119,134)(H,120,140)(H,121,143)(H,122,141)(H,123,138)(H,124,147)(H,125,139)(H,126,144)(H,132,133)(H,148,149)(H4,106,107,109)/t65-,67-,68-,69-,70-,71-,72-,73-,74-,75-,76-,77-,78-,83-,84-/m0/s1. The number of unbranched alkanes of at least 4 members (excludes halogenated alkanes) is 2. The molecule has 149 heavy (non-hydrogen) atoms. The van der Waals surface area contributed by atoms with Crippen molar-refractivity contribution >= 4 is 129 Å². The van der Waals surface area contributed by atoms with Crippen LogP contribution in [0, 0.1) is 17.2 Å². The van der Waals surface area contributed by atoms with Crippen LogP contribution in [0.25, 0.3) is 10.9 Å². The number of hydrogen-bond donors (Lipinski definition) is 29. The van der Waals surface area contributed by atoms with E-state index in [1.54, 1.807) is 135 Å². The number of carbonyl (C=O) groups excluding carboxylic acids is 17. The number of aliphatic hydroxyl groups excluding tert-OH is 1. The number of aromatic nitrogens is 3. The zero-order valence-corrected chi connectivity index (χ0v) is 83.3. The first-order valence-corrected chi connectivity index (χ1v) is 48.8. The molecule has 2 aromatic heterocycles. The lowest BCUT2D eigenvalue weighted by Crippen LogP contribution is -2.62. The van der Waals surface area contributed by atoms with Gasteiger partial charge in [-0.3, -0.25) is 91.7 Å². The summed E-state index contributed by atoms with van der Waals surface area (Å²) in [6.07, 6.45) is 0.498. The minimum Gasteiger partial charge on any atom is -0.508 e. The minimum absolute atomic E-state index is 0.0134. The van der Waals surface area contributed by atoms with E-state index in [2.05, 4.69) is 100 Å². The summed E-state index contributed by atoms with van der Waals surface area (Å²) in [5.41, 5.74) is 37.7. The number of carbonyl (C=O) groups is 19. The van der Waals surface area contributed by atoms with Crippen molar-refractivity contribution in [2.75, 3.05) is 32.8 Å². The number of primary amides is 2. The third-order valence-electron chi connectivity index (χ3n) is 24.0. The van der Waals surface area contributed by atoms with Crippen LogP contribution in [-0.4, -0.2) is 277 Å². The number of phenols is 1. The molecule has 35 N–H and O–H groups in total. The van der Waals surface area contributed by atoms with E-state index in [1.165, 1.54) is 50.6 Å². The van der Waals surface area contributed by atoms with E-state index in [-0.39, 0.29) is 96.0 Å². The number of benzene rings is 5. The van der Waals surface area contributed by atoms with E-state index >= 15 is 19.2 Å². The summed E-state index contributed by atoms with van der Waals surface area (Å²) in [7, 11) is 0. The zero-order valence-electron chi connectivity index (χ0n) is 83.3. The Morgan fingerprint density at radius 1 is 0.376 bits per heavy atom. The van der Waals surface area contributed by atoms with Gasteiger partial charge in [-0.1, -0.05) is 149 Å². The van der Waals surface area contributed by atoms with Gasteiger partial charge in [-0.25, -0.2) is 9.78 Å². The SMILES string of the molecule is CC(C)[C@H](NC(=O)[C@H](Cc1ccccc1)NC(=O)[C@H](Cc1c[nH]c2ccccc12)NC(=O)CNC(=O)[C@H](Cc1ccc(O)cc1)NC(=O)[C@H](Cc1ccccc1)NC(=O)[C@H](CC(N)=O)NC(=O)[C@H](CCC(=O)O)NC(=O)[C@H](Cc1cnc[nH]1)NC(=O)[C@@H](N)Cc1ccccc1)C(=O)N[C@@H](CCCNC(=N)N)C(=O)N[C@@H](CCC(N)=O)C(=O)N[C@H](C(=O)N[C@@H](CO)C(=O)N[C@@H](CCCCN)C(=O)N[C@@H](CCCCN)C(=O)O)C(C)C. The molecule has 0 aliphatic heterocycles. The fourth-order valence-electron chi connectivity index (χ4n) is 15.8. The van der Waals surface area contributed by atoms with E-state index in [4.69, 9.17) is 39.8 Å². The maximum absolute atomic E-state index is 15.4. The van der Waals surface area contributed by atoms with Gasteiger partial charge in [-0.05, 0) is 142 Å². The number of aromatic hydroxyl groups is 1. The van der Waals surface area contributed by atoms with Gasteiger partial charge < -0.3 is 150 Å². The van der Waals surface area contributed by atoms with Crippen LogP contribution in [0.5, 0.6) is 5.75 Å². The highest BCUT2D eigenvalue weighted by atomic mass is 16.4. The molecule has 0 saturated carbocycles. The van der Waals surface area contributed by atoms with E-state index < -0.39 is 266 Å². The molecule has 0 aliphatic rings. The van der Waals surface area contributed by atoms with Crippen molar-refractivity contribution in [2.24, 2.45) is 46.2 Å². The quantitative estimate of drug-likeness (QED) is 0.00970.